The molecule has 0 spiro atoms. The molecule has 0 fully saturated rings. The molecular weight excluding hydrogens is 435 g/mol. The van der Waals surface area contributed by atoms with Gasteiger partial charge in [-0.25, -0.2) is 4.39 Å². The van der Waals surface area contributed by atoms with E-state index in [1.165, 1.54) is 12.1 Å². The lowest BCUT2D eigenvalue weighted by molar-refractivity contribution is 0.0795. The monoisotopic (exact) mass is 458 g/mol. The van der Waals surface area contributed by atoms with Gasteiger partial charge in [0.15, 0.2) is 5.82 Å². The van der Waals surface area contributed by atoms with Crippen molar-refractivity contribution in [2.75, 3.05) is 13.6 Å². The standard InChI is InChI=1S/C26H23FN4O3/c1-31(26(33)21-7-3-2-4-8-21)15-14-23-29-25(34-30-23)20-12-10-19(11-13-20)24(32)28-17-18-6-5-9-22(27)16-18/h2-13,16H,14-15,17H2,1H3,(H,28,32). The maximum atomic E-state index is 13.3. The van der Waals surface area contributed by atoms with Crippen LogP contribution in [-0.2, 0) is 13.0 Å². The number of carbonyl (C=O) groups excluding carboxylic acids is 2. The molecule has 0 aliphatic carbocycles. The van der Waals surface area contributed by atoms with E-state index in [1.807, 2.05) is 18.2 Å². The number of hydrogen-bond donors (Lipinski definition) is 1. The summed E-state index contributed by atoms with van der Waals surface area (Å²) in [6.45, 7) is 0.670. The molecule has 4 rings (SSSR count). The number of halogens is 1. The smallest absolute Gasteiger partial charge is 0.257 e. The fourth-order valence-electron chi connectivity index (χ4n) is 3.34. The molecule has 0 aliphatic heterocycles. The first-order valence-electron chi connectivity index (χ1n) is 10.8. The first kappa shape index (κ1) is 22.8. The topological polar surface area (TPSA) is 88.3 Å². The van der Waals surface area contributed by atoms with Gasteiger partial charge < -0.3 is 14.7 Å². The minimum Gasteiger partial charge on any atom is -0.348 e. The van der Waals surface area contributed by atoms with Crippen LogP contribution in [0.2, 0.25) is 0 Å². The SMILES string of the molecule is CN(CCc1noc(-c2ccc(C(=O)NCc3cccc(F)c3)cc2)n1)C(=O)c1ccccc1. The van der Waals surface area contributed by atoms with Gasteiger partial charge in [-0.05, 0) is 54.1 Å². The van der Waals surface area contributed by atoms with Gasteiger partial charge in [-0.1, -0.05) is 35.5 Å². The number of benzene rings is 3. The Labute approximate surface area is 196 Å². The Bertz CT molecular complexity index is 1270. The average Bonchev–Trinajstić information content (AvgIpc) is 3.35. The molecule has 1 N–H and O–H groups in total. The van der Waals surface area contributed by atoms with Crippen molar-refractivity contribution < 1.29 is 18.5 Å². The van der Waals surface area contributed by atoms with E-state index in [9.17, 15) is 14.0 Å². The number of aromatic nitrogens is 2. The Morgan fingerprint density at radius 1 is 0.971 bits per heavy atom. The van der Waals surface area contributed by atoms with Crippen molar-refractivity contribution in [3.8, 4) is 11.5 Å². The number of carbonyl (C=O) groups is 2. The third kappa shape index (κ3) is 5.72. The van der Waals surface area contributed by atoms with Crippen molar-refractivity contribution in [3.05, 3.63) is 107 Å². The summed E-state index contributed by atoms with van der Waals surface area (Å²) in [4.78, 5) is 30.8. The fraction of sp³-hybridized carbons (Fsp3) is 0.154. The zero-order chi connectivity index (χ0) is 23.9. The second-order valence-electron chi connectivity index (χ2n) is 7.75. The predicted molar refractivity (Wildman–Crippen MR) is 124 cm³/mol. The van der Waals surface area contributed by atoms with Gasteiger partial charge in [0.2, 0.25) is 0 Å². The van der Waals surface area contributed by atoms with E-state index in [4.69, 9.17) is 4.52 Å². The van der Waals surface area contributed by atoms with Gasteiger partial charge in [0.25, 0.3) is 17.7 Å². The lowest BCUT2D eigenvalue weighted by Crippen LogP contribution is -2.29. The van der Waals surface area contributed by atoms with Crippen molar-refractivity contribution in [2.24, 2.45) is 0 Å². The van der Waals surface area contributed by atoms with Crippen LogP contribution in [0.15, 0.2) is 83.4 Å². The lowest BCUT2D eigenvalue weighted by atomic mass is 10.1. The average molecular weight is 458 g/mol. The summed E-state index contributed by atoms with van der Waals surface area (Å²) in [6.07, 6.45) is 0.444. The Hall–Kier alpha value is -4.33. The Balaban J connectivity index is 1.31. The van der Waals surface area contributed by atoms with E-state index in [1.54, 1.807) is 60.5 Å². The molecule has 1 aromatic heterocycles. The molecule has 3 aromatic carbocycles. The van der Waals surface area contributed by atoms with Gasteiger partial charge in [-0.2, -0.15) is 4.98 Å². The van der Waals surface area contributed by atoms with Gasteiger partial charge in [0.1, 0.15) is 5.82 Å². The molecule has 4 aromatic rings. The van der Waals surface area contributed by atoms with Crippen LogP contribution in [-0.4, -0.2) is 40.4 Å². The summed E-state index contributed by atoms with van der Waals surface area (Å²) >= 11 is 0. The predicted octanol–water partition coefficient (Wildman–Crippen LogP) is 4.12. The summed E-state index contributed by atoms with van der Waals surface area (Å²) in [6, 6.07) is 21.9. The second-order valence-corrected chi connectivity index (χ2v) is 7.75. The summed E-state index contributed by atoms with van der Waals surface area (Å²) in [5.74, 6) is 0.131. The van der Waals surface area contributed by atoms with E-state index < -0.39 is 0 Å². The van der Waals surface area contributed by atoms with Crippen molar-refractivity contribution in [2.45, 2.75) is 13.0 Å². The Morgan fingerprint density at radius 2 is 1.74 bits per heavy atom. The summed E-state index contributed by atoms with van der Waals surface area (Å²) in [7, 11) is 1.73. The summed E-state index contributed by atoms with van der Waals surface area (Å²) in [5, 5.41) is 6.76. The van der Waals surface area contributed by atoms with Crippen LogP contribution in [0.1, 0.15) is 32.1 Å². The quantitative estimate of drug-likeness (QED) is 0.429. The molecule has 0 unspecified atom stereocenters. The highest BCUT2D eigenvalue weighted by Crippen LogP contribution is 2.18. The highest BCUT2D eigenvalue weighted by atomic mass is 19.1. The Kier molecular flexibility index (Phi) is 7.07. The summed E-state index contributed by atoms with van der Waals surface area (Å²) in [5.41, 5.74) is 2.44. The normalized spacial score (nSPS) is 10.6. The fourth-order valence-corrected chi connectivity index (χ4v) is 3.34. The zero-order valence-electron chi connectivity index (χ0n) is 18.6. The second kappa shape index (κ2) is 10.5. The number of nitrogens with one attached hydrogen (secondary N) is 1. The van der Waals surface area contributed by atoms with Crippen LogP contribution in [0.25, 0.3) is 11.5 Å². The number of likely N-dealkylation sites (N-methyl/N-ethyl adjacent to an activating group) is 1. The van der Waals surface area contributed by atoms with Crippen molar-refractivity contribution in [1.29, 1.82) is 0 Å². The van der Waals surface area contributed by atoms with Gasteiger partial charge in [0, 0.05) is 43.2 Å². The van der Waals surface area contributed by atoms with E-state index in [2.05, 4.69) is 15.5 Å². The minimum atomic E-state index is -0.343. The number of amides is 2. The Morgan fingerprint density at radius 3 is 2.47 bits per heavy atom. The van der Waals surface area contributed by atoms with Crippen molar-refractivity contribution in [3.63, 3.8) is 0 Å². The van der Waals surface area contributed by atoms with Crippen molar-refractivity contribution >= 4 is 11.8 Å². The molecule has 0 atom stereocenters. The molecule has 7 nitrogen and oxygen atoms in total. The molecule has 2 amide bonds. The summed E-state index contributed by atoms with van der Waals surface area (Å²) < 4.78 is 18.6. The zero-order valence-corrected chi connectivity index (χ0v) is 18.6. The molecular formula is C26H23FN4O3. The van der Waals surface area contributed by atoms with Crippen LogP contribution in [0.4, 0.5) is 4.39 Å². The van der Waals surface area contributed by atoms with Gasteiger partial charge in [-0.15, -0.1) is 0 Å². The van der Waals surface area contributed by atoms with E-state index >= 15 is 0 Å². The molecule has 0 saturated heterocycles. The highest BCUT2D eigenvalue weighted by Gasteiger charge is 2.14. The first-order chi connectivity index (χ1) is 16.5. The molecule has 0 aliphatic rings. The third-order valence-electron chi connectivity index (χ3n) is 5.24. The number of nitrogens with zero attached hydrogens (tertiary/aromatic N) is 3. The van der Waals surface area contributed by atoms with Crippen LogP contribution < -0.4 is 5.32 Å². The van der Waals surface area contributed by atoms with Crippen molar-refractivity contribution in [1.82, 2.24) is 20.4 Å². The van der Waals surface area contributed by atoms with E-state index in [0.717, 1.165) is 0 Å². The molecule has 34 heavy (non-hydrogen) atoms. The minimum absolute atomic E-state index is 0.0735. The van der Waals surface area contributed by atoms with Gasteiger partial charge >= 0.3 is 0 Å². The lowest BCUT2D eigenvalue weighted by Gasteiger charge is -2.15. The maximum Gasteiger partial charge on any atom is 0.257 e. The van der Waals surface area contributed by atoms with E-state index in [-0.39, 0.29) is 24.2 Å². The molecule has 0 radical (unpaired) electrons. The van der Waals surface area contributed by atoms with E-state index in [0.29, 0.717) is 46.9 Å². The highest BCUT2D eigenvalue weighted by molar-refractivity contribution is 5.94. The molecule has 0 saturated carbocycles. The van der Waals surface area contributed by atoms with Crippen LogP contribution in [0, 0.1) is 5.82 Å². The molecule has 172 valence electrons. The molecule has 0 bridgehead atoms. The molecule has 1 heterocycles. The largest absolute Gasteiger partial charge is 0.348 e. The number of rotatable bonds is 8. The van der Waals surface area contributed by atoms with Crippen LogP contribution >= 0.6 is 0 Å². The van der Waals surface area contributed by atoms with Gasteiger partial charge in [0.05, 0.1) is 0 Å². The van der Waals surface area contributed by atoms with Gasteiger partial charge in [-0.3, -0.25) is 9.59 Å². The third-order valence-corrected chi connectivity index (χ3v) is 5.24. The molecule has 8 heteroatoms. The maximum absolute atomic E-state index is 13.3. The first-order valence-corrected chi connectivity index (χ1v) is 10.8. The number of hydrogen-bond acceptors (Lipinski definition) is 5. The van der Waals surface area contributed by atoms with Crippen LogP contribution in [0.3, 0.4) is 0 Å². The van der Waals surface area contributed by atoms with Crippen LogP contribution in [0.5, 0.6) is 0 Å².